The lowest BCUT2D eigenvalue weighted by molar-refractivity contribution is -0.138. The third-order valence-electron chi connectivity index (χ3n) is 4.36. The molecule has 0 aliphatic heterocycles. The smallest absolute Gasteiger partial charge is 0.350 e. The van der Waals surface area contributed by atoms with Crippen LogP contribution in [-0.4, -0.2) is 20.3 Å². The summed E-state index contributed by atoms with van der Waals surface area (Å²) >= 11 is 7.25. The third kappa shape index (κ3) is 5.56. The van der Waals surface area contributed by atoms with E-state index in [1.807, 2.05) is 13.8 Å². The van der Waals surface area contributed by atoms with Gasteiger partial charge in [0.15, 0.2) is 5.82 Å². The van der Waals surface area contributed by atoms with Crippen molar-refractivity contribution >= 4 is 28.8 Å². The van der Waals surface area contributed by atoms with Crippen molar-refractivity contribution in [3.8, 4) is 10.7 Å². The molecule has 1 N–H and O–H groups in total. The van der Waals surface area contributed by atoms with Crippen LogP contribution in [0.3, 0.4) is 0 Å². The summed E-state index contributed by atoms with van der Waals surface area (Å²) in [5.74, 6) is -0.0768. The van der Waals surface area contributed by atoms with Gasteiger partial charge in [0.05, 0.1) is 14.8 Å². The first kappa shape index (κ1) is 23.1. The topological polar surface area (TPSA) is 68.9 Å². The summed E-state index contributed by atoms with van der Waals surface area (Å²) in [5, 5.41) is 6.71. The molecule has 0 fully saturated rings. The molecule has 0 spiro atoms. The van der Waals surface area contributed by atoms with Gasteiger partial charge in [-0.05, 0) is 29.7 Å². The van der Waals surface area contributed by atoms with Gasteiger partial charge in [-0.1, -0.05) is 43.6 Å². The molecule has 2 aromatic heterocycles. The van der Waals surface area contributed by atoms with E-state index in [0.717, 1.165) is 10.7 Å². The molecule has 2 heterocycles. The lowest BCUT2D eigenvalue weighted by Gasteiger charge is -2.13. The van der Waals surface area contributed by atoms with Gasteiger partial charge in [-0.15, -0.1) is 16.4 Å². The number of nitrogens with one attached hydrogen (secondary N) is 1. The van der Waals surface area contributed by atoms with Gasteiger partial charge < -0.3 is 5.32 Å². The molecule has 6 nitrogen and oxygen atoms in total. The number of nitrogens with zero attached hydrogens (tertiary/aromatic N) is 3. The van der Waals surface area contributed by atoms with Crippen molar-refractivity contribution in [3.63, 3.8) is 0 Å². The van der Waals surface area contributed by atoms with Gasteiger partial charge >= 0.3 is 11.9 Å². The molecule has 0 saturated carbocycles. The number of carbonyl (C=O) groups excluding carboxylic acids is 1. The van der Waals surface area contributed by atoms with E-state index >= 15 is 0 Å². The molecule has 0 aliphatic rings. The number of amides is 1. The van der Waals surface area contributed by atoms with E-state index in [0.29, 0.717) is 21.6 Å². The molecular weight excluding hydrogens is 453 g/mol. The first-order valence-corrected chi connectivity index (χ1v) is 10.6. The quantitative estimate of drug-likeness (QED) is 0.553. The second-order valence-electron chi connectivity index (χ2n) is 7.30. The molecule has 31 heavy (non-hydrogen) atoms. The van der Waals surface area contributed by atoms with Crippen LogP contribution < -0.4 is 11.0 Å². The Labute approximate surface area is 185 Å². The second-order valence-corrected chi connectivity index (χ2v) is 9.02. The fourth-order valence-corrected chi connectivity index (χ4v) is 4.06. The van der Waals surface area contributed by atoms with E-state index in [1.165, 1.54) is 34.1 Å². The number of halogens is 4. The van der Waals surface area contributed by atoms with E-state index in [2.05, 4.69) is 10.4 Å². The van der Waals surface area contributed by atoms with Crippen LogP contribution in [0.15, 0.2) is 41.2 Å². The minimum Gasteiger partial charge on any atom is -0.350 e. The van der Waals surface area contributed by atoms with Gasteiger partial charge in [-0.3, -0.25) is 9.36 Å². The maximum Gasteiger partial charge on any atom is 0.416 e. The fourth-order valence-electron chi connectivity index (χ4n) is 3.03. The Kier molecular flexibility index (Phi) is 6.90. The van der Waals surface area contributed by atoms with Crippen LogP contribution >= 0.6 is 22.9 Å². The minimum absolute atomic E-state index is 0.0602. The maximum absolute atomic E-state index is 13.1. The molecule has 11 heteroatoms. The summed E-state index contributed by atoms with van der Waals surface area (Å²) in [7, 11) is 0. The summed E-state index contributed by atoms with van der Waals surface area (Å²) < 4.78 is 42.3. The van der Waals surface area contributed by atoms with Gasteiger partial charge in [0.25, 0.3) is 0 Å². The number of alkyl halides is 3. The number of carbonyl (C=O) groups is 1. The molecule has 0 radical (unpaired) electrons. The van der Waals surface area contributed by atoms with Crippen LogP contribution in [-0.2, 0) is 30.6 Å². The molecule has 3 aromatic rings. The molecule has 0 aliphatic carbocycles. The first-order chi connectivity index (χ1) is 14.6. The number of thiophene rings is 1. The van der Waals surface area contributed by atoms with Gasteiger partial charge in [0.2, 0.25) is 5.91 Å². The number of rotatable bonds is 7. The number of hydrogen-bond donors (Lipinski definition) is 1. The summed E-state index contributed by atoms with van der Waals surface area (Å²) in [6.45, 7) is 3.55. The van der Waals surface area contributed by atoms with Crippen molar-refractivity contribution in [1.29, 1.82) is 0 Å². The average molecular weight is 473 g/mol. The highest BCUT2D eigenvalue weighted by molar-refractivity contribution is 7.19. The normalized spacial score (nSPS) is 11.8. The summed E-state index contributed by atoms with van der Waals surface area (Å²) in [5.41, 5.74) is -1.35. The minimum atomic E-state index is -4.52. The largest absolute Gasteiger partial charge is 0.416 e. The van der Waals surface area contributed by atoms with E-state index in [1.54, 1.807) is 12.1 Å². The average Bonchev–Trinajstić information content (AvgIpc) is 3.24. The highest BCUT2D eigenvalue weighted by Crippen LogP contribution is 2.32. The van der Waals surface area contributed by atoms with Crippen molar-refractivity contribution in [2.45, 2.75) is 39.7 Å². The molecule has 0 bridgehead atoms. The van der Waals surface area contributed by atoms with Crippen LogP contribution in [0.1, 0.15) is 25.0 Å². The maximum atomic E-state index is 13.1. The highest BCUT2D eigenvalue weighted by atomic mass is 35.5. The second kappa shape index (κ2) is 9.27. The zero-order chi connectivity index (χ0) is 22.8. The van der Waals surface area contributed by atoms with Crippen LogP contribution in [0.25, 0.3) is 10.7 Å². The first-order valence-electron chi connectivity index (χ1n) is 9.41. The number of benzene rings is 1. The highest BCUT2D eigenvalue weighted by Gasteiger charge is 2.32. The number of aromatic nitrogens is 3. The summed E-state index contributed by atoms with van der Waals surface area (Å²) in [4.78, 5) is 25.9. The Balaban J connectivity index is 1.79. The van der Waals surface area contributed by atoms with Crippen molar-refractivity contribution in [3.05, 3.63) is 62.3 Å². The van der Waals surface area contributed by atoms with E-state index in [-0.39, 0.29) is 18.0 Å². The predicted octanol–water partition coefficient (Wildman–Crippen LogP) is 4.42. The monoisotopic (exact) mass is 472 g/mol. The molecule has 1 amide bonds. The van der Waals surface area contributed by atoms with Crippen LogP contribution in [0.5, 0.6) is 0 Å². The van der Waals surface area contributed by atoms with Crippen LogP contribution in [0, 0.1) is 5.92 Å². The molecule has 0 atom stereocenters. The molecule has 0 saturated heterocycles. The molecular formula is C20H20ClF3N4O2S. The van der Waals surface area contributed by atoms with Crippen LogP contribution in [0.2, 0.25) is 4.34 Å². The van der Waals surface area contributed by atoms with Crippen LogP contribution in [0.4, 0.5) is 13.2 Å². The van der Waals surface area contributed by atoms with Crippen molar-refractivity contribution in [1.82, 2.24) is 19.7 Å². The third-order valence-corrected chi connectivity index (χ3v) is 5.58. The Bertz CT molecular complexity index is 1130. The Morgan fingerprint density at radius 3 is 2.55 bits per heavy atom. The Morgan fingerprint density at radius 2 is 1.94 bits per heavy atom. The van der Waals surface area contributed by atoms with E-state index in [9.17, 15) is 22.8 Å². The zero-order valence-electron chi connectivity index (χ0n) is 16.7. The van der Waals surface area contributed by atoms with E-state index in [4.69, 9.17) is 11.6 Å². The Hall–Kier alpha value is -2.59. The standard InChI is InChI=1S/C20H20ClF3N4O2S/c1-12(2)10-27-18(15-7-8-16(21)31-15)26-28(19(27)30)11-17(29)25-9-13-5-3-4-6-14(13)20(22,23)24/h3-8,12H,9-11H2,1-2H3,(H,25,29). The van der Waals surface area contributed by atoms with Gasteiger partial charge in [-0.25, -0.2) is 9.48 Å². The van der Waals surface area contributed by atoms with Crippen molar-refractivity contribution < 1.29 is 18.0 Å². The lowest BCUT2D eigenvalue weighted by Crippen LogP contribution is -2.34. The fraction of sp³-hybridized carbons (Fsp3) is 0.350. The Morgan fingerprint density at radius 1 is 1.23 bits per heavy atom. The lowest BCUT2D eigenvalue weighted by atomic mass is 10.1. The SMILES string of the molecule is CC(C)Cn1c(-c2ccc(Cl)s2)nn(CC(=O)NCc2ccccc2C(F)(F)F)c1=O. The predicted molar refractivity (Wildman–Crippen MR) is 113 cm³/mol. The van der Waals surface area contributed by atoms with Gasteiger partial charge in [-0.2, -0.15) is 13.2 Å². The van der Waals surface area contributed by atoms with E-state index < -0.39 is 29.9 Å². The zero-order valence-corrected chi connectivity index (χ0v) is 18.3. The van der Waals surface area contributed by atoms with Gasteiger partial charge in [0.1, 0.15) is 6.54 Å². The number of hydrogen-bond acceptors (Lipinski definition) is 4. The van der Waals surface area contributed by atoms with Gasteiger partial charge in [0, 0.05) is 13.1 Å². The molecule has 0 unspecified atom stereocenters. The van der Waals surface area contributed by atoms with Crippen molar-refractivity contribution in [2.24, 2.45) is 5.92 Å². The molecule has 1 aromatic carbocycles. The molecule has 166 valence electrons. The summed E-state index contributed by atoms with van der Waals surface area (Å²) in [6, 6.07) is 8.43. The van der Waals surface area contributed by atoms with Crippen molar-refractivity contribution in [2.75, 3.05) is 0 Å². The molecule has 3 rings (SSSR count). The summed E-state index contributed by atoms with van der Waals surface area (Å²) in [6.07, 6.45) is -4.52.